The SMILES string of the molecule is Cc1noc(C)c1CNCCCC(N)=O. The van der Waals surface area contributed by atoms with Gasteiger partial charge in [-0.05, 0) is 26.8 Å². The Hall–Kier alpha value is -1.36. The smallest absolute Gasteiger partial charge is 0.217 e. The Morgan fingerprint density at radius 1 is 1.53 bits per heavy atom. The molecule has 0 fully saturated rings. The Morgan fingerprint density at radius 3 is 2.80 bits per heavy atom. The lowest BCUT2D eigenvalue weighted by atomic mass is 10.2. The van der Waals surface area contributed by atoms with Crippen LogP contribution < -0.4 is 11.1 Å². The molecule has 0 atom stereocenters. The van der Waals surface area contributed by atoms with Crippen LogP contribution in [0.2, 0.25) is 0 Å². The molecule has 0 aromatic carbocycles. The van der Waals surface area contributed by atoms with Crippen molar-refractivity contribution < 1.29 is 9.32 Å². The highest BCUT2D eigenvalue weighted by atomic mass is 16.5. The third-order valence-corrected chi connectivity index (χ3v) is 2.26. The van der Waals surface area contributed by atoms with Gasteiger partial charge in [-0.1, -0.05) is 5.16 Å². The molecule has 1 aromatic heterocycles. The molecule has 3 N–H and O–H groups in total. The Kier molecular flexibility index (Phi) is 4.30. The van der Waals surface area contributed by atoms with Crippen LogP contribution >= 0.6 is 0 Å². The Bertz CT molecular complexity index is 314. The van der Waals surface area contributed by atoms with E-state index in [9.17, 15) is 4.79 Å². The molecule has 0 spiro atoms. The van der Waals surface area contributed by atoms with Crippen molar-refractivity contribution in [1.82, 2.24) is 10.5 Å². The lowest BCUT2D eigenvalue weighted by molar-refractivity contribution is -0.118. The maximum absolute atomic E-state index is 10.5. The summed E-state index contributed by atoms with van der Waals surface area (Å²) in [5, 5.41) is 7.07. The van der Waals surface area contributed by atoms with Gasteiger partial charge in [0.1, 0.15) is 5.76 Å². The highest BCUT2D eigenvalue weighted by molar-refractivity contribution is 5.73. The molecule has 1 heterocycles. The van der Waals surface area contributed by atoms with Gasteiger partial charge in [-0.15, -0.1) is 0 Å². The summed E-state index contributed by atoms with van der Waals surface area (Å²) >= 11 is 0. The second-order valence-electron chi connectivity index (χ2n) is 3.55. The number of rotatable bonds is 6. The fourth-order valence-electron chi connectivity index (χ4n) is 1.36. The van der Waals surface area contributed by atoms with Crippen LogP contribution in [0.25, 0.3) is 0 Å². The van der Waals surface area contributed by atoms with Gasteiger partial charge >= 0.3 is 0 Å². The van der Waals surface area contributed by atoms with E-state index in [1.807, 2.05) is 13.8 Å². The summed E-state index contributed by atoms with van der Waals surface area (Å²) in [5.41, 5.74) is 7.03. The highest BCUT2D eigenvalue weighted by Crippen LogP contribution is 2.11. The van der Waals surface area contributed by atoms with E-state index in [0.29, 0.717) is 6.42 Å². The minimum atomic E-state index is -0.255. The minimum Gasteiger partial charge on any atom is -0.370 e. The van der Waals surface area contributed by atoms with Crippen molar-refractivity contribution in [3.8, 4) is 0 Å². The average molecular weight is 211 g/mol. The number of aromatic nitrogens is 1. The van der Waals surface area contributed by atoms with Crippen LogP contribution in [0.1, 0.15) is 29.9 Å². The molecule has 0 saturated heterocycles. The molecular weight excluding hydrogens is 194 g/mol. The number of primary amides is 1. The number of hydrogen-bond donors (Lipinski definition) is 2. The number of aryl methyl sites for hydroxylation is 2. The van der Waals surface area contributed by atoms with Crippen LogP contribution in [-0.4, -0.2) is 17.6 Å². The molecule has 1 rings (SSSR count). The molecule has 0 radical (unpaired) electrons. The maximum atomic E-state index is 10.5. The quantitative estimate of drug-likeness (QED) is 0.677. The zero-order chi connectivity index (χ0) is 11.3. The number of hydrogen-bond acceptors (Lipinski definition) is 4. The topological polar surface area (TPSA) is 81.2 Å². The molecule has 1 amide bonds. The number of carbonyl (C=O) groups is 1. The summed E-state index contributed by atoms with van der Waals surface area (Å²) in [4.78, 5) is 10.5. The molecule has 0 aliphatic carbocycles. The van der Waals surface area contributed by atoms with E-state index in [2.05, 4.69) is 10.5 Å². The normalized spacial score (nSPS) is 10.5. The molecular formula is C10H17N3O2. The first-order valence-corrected chi connectivity index (χ1v) is 5.02. The average Bonchev–Trinajstić information content (AvgIpc) is 2.47. The molecule has 5 nitrogen and oxygen atoms in total. The Morgan fingerprint density at radius 2 is 2.27 bits per heavy atom. The molecule has 5 heteroatoms. The number of nitrogens with one attached hydrogen (secondary N) is 1. The fourth-order valence-corrected chi connectivity index (χ4v) is 1.36. The van der Waals surface area contributed by atoms with Gasteiger partial charge in [0, 0.05) is 18.5 Å². The van der Waals surface area contributed by atoms with Crippen LogP contribution in [0.3, 0.4) is 0 Å². The second-order valence-corrected chi connectivity index (χ2v) is 3.55. The largest absolute Gasteiger partial charge is 0.370 e. The number of amides is 1. The molecule has 0 bridgehead atoms. The van der Waals surface area contributed by atoms with Crippen molar-refractivity contribution in [2.24, 2.45) is 5.73 Å². The minimum absolute atomic E-state index is 0.255. The summed E-state index contributed by atoms with van der Waals surface area (Å²) in [6.07, 6.45) is 1.19. The van der Waals surface area contributed by atoms with Crippen LogP contribution in [0.5, 0.6) is 0 Å². The summed E-state index contributed by atoms with van der Waals surface area (Å²) in [5.74, 6) is 0.587. The molecule has 84 valence electrons. The number of carbonyl (C=O) groups excluding carboxylic acids is 1. The molecule has 0 saturated carbocycles. The van der Waals surface area contributed by atoms with E-state index in [1.54, 1.807) is 0 Å². The summed E-state index contributed by atoms with van der Waals surface area (Å²) < 4.78 is 5.03. The summed E-state index contributed by atoms with van der Waals surface area (Å²) in [6.45, 7) is 5.30. The van der Waals surface area contributed by atoms with Crippen molar-refractivity contribution in [3.05, 3.63) is 17.0 Å². The van der Waals surface area contributed by atoms with Crippen molar-refractivity contribution in [3.63, 3.8) is 0 Å². The monoisotopic (exact) mass is 211 g/mol. The molecule has 0 aliphatic rings. The zero-order valence-electron chi connectivity index (χ0n) is 9.17. The Labute approximate surface area is 89.0 Å². The maximum Gasteiger partial charge on any atom is 0.217 e. The molecule has 1 aromatic rings. The van der Waals surface area contributed by atoms with Crippen LogP contribution in [0.4, 0.5) is 0 Å². The van der Waals surface area contributed by atoms with E-state index in [0.717, 1.165) is 36.5 Å². The Balaban J connectivity index is 2.23. The van der Waals surface area contributed by atoms with E-state index in [1.165, 1.54) is 0 Å². The van der Waals surface area contributed by atoms with Gasteiger partial charge in [-0.2, -0.15) is 0 Å². The number of nitrogens with two attached hydrogens (primary N) is 1. The first kappa shape index (κ1) is 11.7. The van der Waals surface area contributed by atoms with Gasteiger partial charge in [0.2, 0.25) is 5.91 Å². The fraction of sp³-hybridized carbons (Fsp3) is 0.600. The van der Waals surface area contributed by atoms with Gasteiger partial charge in [-0.3, -0.25) is 4.79 Å². The van der Waals surface area contributed by atoms with Crippen LogP contribution in [0.15, 0.2) is 4.52 Å². The summed E-state index contributed by atoms with van der Waals surface area (Å²) in [7, 11) is 0. The van der Waals surface area contributed by atoms with Crippen LogP contribution in [0, 0.1) is 13.8 Å². The highest BCUT2D eigenvalue weighted by Gasteiger charge is 2.07. The first-order valence-electron chi connectivity index (χ1n) is 5.02. The van der Waals surface area contributed by atoms with Gasteiger partial charge in [0.25, 0.3) is 0 Å². The van der Waals surface area contributed by atoms with Crippen molar-refractivity contribution in [2.45, 2.75) is 33.2 Å². The van der Waals surface area contributed by atoms with Gasteiger partial charge in [-0.25, -0.2) is 0 Å². The summed E-state index contributed by atoms with van der Waals surface area (Å²) in [6, 6.07) is 0. The van der Waals surface area contributed by atoms with Crippen molar-refractivity contribution in [1.29, 1.82) is 0 Å². The van der Waals surface area contributed by atoms with Gasteiger partial charge < -0.3 is 15.6 Å². The van der Waals surface area contributed by atoms with Gasteiger partial charge in [0.15, 0.2) is 0 Å². The number of nitrogens with zero attached hydrogens (tertiary/aromatic N) is 1. The third-order valence-electron chi connectivity index (χ3n) is 2.26. The molecule has 15 heavy (non-hydrogen) atoms. The van der Waals surface area contributed by atoms with E-state index in [4.69, 9.17) is 10.3 Å². The van der Waals surface area contributed by atoms with E-state index in [-0.39, 0.29) is 5.91 Å². The van der Waals surface area contributed by atoms with Crippen molar-refractivity contribution in [2.75, 3.05) is 6.54 Å². The lowest BCUT2D eigenvalue weighted by Gasteiger charge is -2.02. The first-order chi connectivity index (χ1) is 7.11. The second kappa shape index (κ2) is 5.50. The van der Waals surface area contributed by atoms with E-state index >= 15 is 0 Å². The predicted octanol–water partition coefficient (Wildman–Crippen LogP) is 0.647. The van der Waals surface area contributed by atoms with Crippen LogP contribution in [-0.2, 0) is 11.3 Å². The zero-order valence-corrected chi connectivity index (χ0v) is 9.17. The van der Waals surface area contributed by atoms with Crippen molar-refractivity contribution >= 4 is 5.91 Å². The molecule has 0 aliphatic heterocycles. The predicted molar refractivity (Wildman–Crippen MR) is 56.1 cm³/mol. The standard InChI is InChI=1S/C10H17N3O2/c1-7-9(8(2)15-13-7)6-12-5-3-4-10(11)14/h12H,3-6H2,1-2H3,(H2,11,14). The van der Waals surface area contributed by atoms with Gasteiger partial charge in [0.05, 0.1) is 5.69 Å². The van der Waals surface area contributed by atoms with E-state index < -0.39 is 0 Å². The lowest BCUT2D eigenvalue weighted by Crippen LogP contribution is -2.18. The molecule has 0 unspecified atom stereocenters. The third kappa shape index (κ3) is 3.71.